The first kappa shape index (κ1) is 28.8. The van der Waals surface area contributed by atoms with Gasteiger partial charge in [0.2, 0.25) is 11.8 Å². The lowest BCUT2D eigenvalue weighted by molar-refractivity contribution is -0.139. The van der Waals surface area contributed by atoms with E-state index in [0.717, 1.165) is 4.31 Å². The van der Waals surface area contributed by atoms with Crippen LogP contribution in [0, 0.1) is 0 Å². The Morgan fingerprint density at radius 3 is 2.21 bits per heavy atom. The summed E-state index contributed by atoms with van der Waals surface area (Å²) in [6, 6.07) is 18.3. The zero-order chi connectivity index (χ0) is 27.9. The third kappa shape index (κ3) is 6.76. The van der Waals surface area contributed by atoms with Crippen LogP contribution in [0.15, 0.2) is 77.7 Å². The highest BCUT2D eigenvalue weighted by Crippen LogP contribution is 2.28. The lowest BCUT2D eigenvalue weighted by Crippen LogP contribution is -2.50. The number of likely N-dealkylation sites (N-methyl/N-ethyl adjacent to an activating group) is 1. The molecule has 11 heteroatoms. The SMILES string of the molecule is CNC(=O)C(C)N(Cc1cccc(OC)c1)C(=O)CN(c1cccc(Cl)c1)S(=O)(=O)c1ccc(OC)cc1. The minimum atomic E-state index is -4.21. The number of carbonyl (C=O) groups excluding carboxylic acids is 2. The molecule has 0 saturated carbocycles. The van der Waals surface area contributed by atoms with Gasteiger partial charge in [0.1, 0.15) is 24.1 Å². The van der Waals surface area contributed by atoms with Crippen LogP contribution in [0.1, 0.15) is 12.5 Å². The fourth-order valence-electron chi connectivity index (χ4n) is 3.79. The first-order chi connectivity index (χ1) is 18.1. The zero-order valence-corrected chi connectivity index (χ0v) is 23.1. The highest BCUT2D eigenvalue weighted by Gasteiger charge is 2.32. The van der Waals surface area contributed by atoms with E-state index in [1.165, 1.54) is 56.5 Å². The first-order valence-corrected chi connectivity index (χ1v) is 13.5. The second-order valence-corrected chi connectivity index (χ2v) is 10.6. The van der Waals surface area contributed by atoms with E-state index in [1.54, 1.807) is 49.4 Å². The Labute approximate surface area is 228 Å². The number of benzene rings is 3. The molecule has 1 atom stereocenters. The van der Waals surface area contributed by atoms with Crippen molar-refractivity contribution in [2.75, 3.05) is 32.1 Å². The van der Waals surface area contributed by atoms with Gasteiger partial charge in [-0.1, -0.05) is 29.8 Å². The summed E-state index contributed by atoms with van der Waals surface area (Å²) in [6.45, 7) is 1.06. The number of rotatable bonds is 11. The van der Waals surface area contributed by atoms with Crippen LogP contribution >= 0.6 is 11.6 Å². The van der Waals surface area contributed by atoms with Gasteiger partial charge >= 0.3 is 0 Å². The summed E-state index contributed by atoms with van der Waals surface area (Å²) in [5, 5.41) is 2.85. The van der Waals surface area contributed by atoms with Crippen LogP contribution < -0.4 is 19.1 Å². The van der Waals surface area contributed by atoms with Crippen molar-refractivity contribution in [2.45, 2.75) is 24.4 Å². The molecule has 3 rings (SSSR count). The van der Waals surface area contributed by atoms with E-state index in [9.17, 15) is 18.0 Å². The Hall–Kier alpha value is -3.76. The molecule has 0 aliphatic carbocycles. The Morgan fingerprint density at radius 1 is 0.947 bits per heavy atom. The van der Waals surface area contributed by atoms with Crippen LogP contribution in [0.2, 0.25) is 5.02 Å². The van der Waals surface area contributed by atoms with E-state index in [4.69, 9.17) is 21.1 Å². The predicted molar refractivity (Wildman–Crippen MR) is 146 cm³/mol. The van der Waals surface area contributed by atoms with Crippen molar-refractivity contribution in [3.8, 4) is 11.5 Å². The quantitative estimate of drug-likeness (QED) is 0.384. The average molecular weight is 560 g/mol. The van der Waals surface area contributed by atoms with E-state index in [-0.39, 0.29) is 17.1 Å². The molecule has 1 unspecified atom stereocenters. The van der Waals surface area contributed by atoms with Crippen molar-refractivity contribution in [2.24, 2.45) is 0 Å². The fourth-order valence-corrected chi connectivity index (χ4v) is 5.38. The number of amides is 2. The summed E-state index contributed by atoms with van der Waals surface area (Å²) in [6.07, 6.45) is 0. The minimum Gasteiger partial charge on any atom is -0.497 e. The molecular formula is C27H30ClN3O6S. The summed E-state index contributed by atoms with van der Waals surface area (Å²) < 4.78 is 39.0. The number of anilines is 1. The van der Waals surface area contributed by atoms with E-state index < -0.39 is 34.4 Å². The van der Waals surface area contributed by atoms with Gasteiger partial charge < -0.3 is 19.7 Å². The number of hydrogen-bond donors (Lipinski definition) is 1. The van der Waals surface area contributed by atoms with E-state index in [0.29, 0.717) is 22.1 Å². The Bertz CT molecular complexity index is 1380. The Kier molecular flexibility index (Phi) is 9.60. The van der Waals surface area contributed by atoms with Crippen molar-refractivity contribution in [1.82, 2.24) is 10.2 Å². The number of hydrogen-bond acceptors (Lipinski definition) is 6. The molecule has 0 aromatic heterocycles. The molecule has 0 fully saturated rings. The molecule has 38 heavy (non-hydrogen) atoms. The molecule has 0 bridgehead atoms. The zero-order valence-electron chi connectivity index (χ0n) is 21.5. The number of ether oxygens (including phenoxy) is 2. The molecule has 0 aliphatic rings. The maximum atomic E-state index is 13.8. The van der Waals surface area contributed by atoms with Gasteiger partial charge in [0.15, 0.2) is 0 Å². The smallest absolute Gasteiger partial charge is 0.264 e. The molecular weight excluding hydrogens is 530 g/mol. The average Bonchev–Trinajstić information content (AvgIpc) is 2.93. The maximum Gasteiger partial charge on any atom is 0.264 e. The van der Waals surface area contributed by atoms with Crippen LogP contribution in [0.4, 0.5) is 5.69 Å². The van der Waals surface area contributed by atoms with Gasteiger partial charge in [0.25, 0.3) is 10.0 Å². The molecule has 0 spiro atoms. The van der Waals surface area contributed by atoms with Crippen molar-refractivity contribution < 1.29 is 27.5 Å². The monoisotopic (exact) mass is 559 g/mol. The molecule has 0 aliphatic heterocycles. The lowest BCUT2D eigenvalue weighted by atomic mass is 10.1. The number of nitrogens with zero attached hydrogens (tertiary/aromatic N) is 2. The molecule has 0 radical (unpaired) electrons. The highest BCUT2D eigenvalue weighted by molar-refractivity contribution is 7.92. The largest absolute Gasteiger partial charge is 0.497 e. The molecule has 3 aromatic carbocycles. The highest BCUT2D eigenvalue weighted by atomic mass is 35.5. The normalized spacial score (nSPS) is 11.8. The predicted octanol–water partition coefficient (Wildman–Crippen LogP) is 3.72. The lowest BCUT2D eigenvalue weighted by Gasteiger charge is -2.32. The summed E-state index contributed by atoms with van der Waals surface area (Å²) in [4.78, 5) is 27.6. The second kappa shape index (κ2) is 12.7. The van der Waals surface area contributed by atoms with Gasteiger partial charge in [-0.2, -0.15) is 0 Å². The molecule has 1 N–H and O–H groups in total. The van der Waals surface area contributed by atoms with E-state index >= 15 is 0 Å². The molecule has 202 valence electrons. The third-order valence-electron chi connectivity index (χ3n) is 5.92. The third-order valence-corrected chi connectivity index (χ3v) is 7.95. The summed E-state index contributed by atoms with van der Waals surface area (Å²) in [5.74, 6) is 0.0953. The summed E-state index contributed by atoms with van der Waals surface area (Å²) in [5.41, 5.74) is 0.913. The number of nitrogens with one attached hydrogen (secondary N) is 1. The van der Waals surface area contributed by atoms with Crippen molar-refractivity contribution in [3.05, 3.63) is 83.4 Å². The van der Waals surface area contributed by atoms with Crippen LogP contribution in [0.5, 0.6) is 11.5 Å². The van der Waals surface area contributed by atoms with Gasteiger partial charge in [-0.25, -0.2) is 8.42 Å². The minimum absolute atomic E-state index is 0.0372. The summed E-state index contributed by atoms with van der Waals surface area (Å²) in [7, 11) is 0.270. The van der Waals surface area contributed by atoms with E-state index in [1.807, 2.05) is 0 Å². The van der Waals surface area contributed by atoms with E-state index in [2.05, 4.69) is 5.32 Å². The van der Waals surface area contributed by atoms with Crippen LogP contribution in [-0.2, 0) is 26.2 Å². The van der Waals surface area contributed by atoms with Crippen molar-refractivity contribution in [1.29, 1.82) is 0 Å². The van der Waals surface area contributed by atoms with Crippen molar-refractivity contribution >= 4 is 39.1 Å². The van der Waals surface area contributed by atoms with Gasteiger partial charge in [-0.3, -0.25) is 13.9 Å². The Balaban J connectivity index is 2.03. The van der Waals surface area contributed by atoms with Crippen molar-refractivity contribution in [3.63, 3.8) is 0 Å². The molecule has 9 nitrogen and oxygen atoms in total. The van der Waals surface area contributed by atoms with Gasteiger partial charge in [-0.05, 0) is 67.1 Å². The summed E-state index contributed by atoms with van der Waals surface area (Å²) >= 11 is 6.17. The maximum absolute atomic E-state index is 13.8. The van der Waals surface area contributed by atoms with Gasteiger partial charge in [0, 0.05) is 18.6 Å². The number of carbonyl (C=O) groups is 2. The number of sulfonamides is 1. The topological polar surface area (TPSA) is 105 Å². The Morgan fingerprint density at radius 2 is 1.61 bits per heavy atom. The standard InChI is InChI=1S/C27H30ClN3O6S/c1-19(27(33)29-2)30(17-20-7-5-10-24(15-20)37-4)26(32)18-31(22-9-6-8-21(28)16-22)38(34,35)25-13-11-23(36-3)12-14-25/h5-16,19H,17-18H2,1-4H3,(H,29,33). The van der Waals surface area contributed by atoms with Crippen LogP contribution in [-0.4, -0.2) is 59.0 Å². The molecule has 3 aromatic rings. The number of methoxy groups -OCH3 is 2. The molecule has 0 saturated heterocycles. The van der Waals surface area contributed by atoms with Gasteiger partial charge in [-0.15, -0.1) is 0 Å². The first-order valence-electron chi connectivity index (χ1n) is 11.7. The molecule has 2 amide bonds. The second-order valence-electron chi connectivity index (χ2n) is 8.33. The molecule has 0 heterocycles. The number of halogens is 1. The van der Waals surface area contributed by atoms with Crippen LogP contribution in [0.25, 0.3) is 0 Å². The van der Waals surface area contributed by atoms with Gasteiger partial charge in [0.05, 0.1) is 24.8 Å². The van der Waals surface area contributed by atoms with Crippen LogP contribution in [0.3, 0.4) is 0 Å². The fraction of sp³-hybridized carbons (Fsp3) is 0.259.